The van der Waals surface area contributed by atoms with E-state index in [1.165, 1.54) is 0 Å². The highest BCUT2D eigenvalue weighted by Crippen LogP contribution is 2.43. The Bertz CT molecular complexity index is 1360. The van der Waals surface area contributed by atoms with E-state index in [0.29, 0.717) is 17.2 Å². The molecular formula is C29H28F2N2O3. The van der Waals surface area contributed by atoms with Gasteiger partial charge in [-0.2, -0.15) is 0 Å². The van der Waals surface area contributed by atoms with E-state index < -0.39 is 29.4 Å². The summed E-state index contributed by atoms with van der Waals surface area (Å²) in [6.45, 7) is 9.46. The summed E-state index contributed by atoms with van der Waals surface area (Å²) in [7, 11) is 0. The first-order valence-electron chi connectivity index (χ1n) is 11.9. The van der Waals surface area contributed by atoms with Crippen molar-refractivity contribution in [3.63, 3.8) is 0 Å². The summed E-state index contributed by atoms with van der Waals surface area (Å²) in [6.07, 6.45) is 0. The van der Waals surface area contributed by atoms with E-state index >= 15 is 0 Å². The van der Waals surface area contributed by atoms with Crippen molar-refractivity contribution in [1.82, 2.24) is 0 Å². The van der Waals surface area contributed by atoms with Gasteiger partial charge in [0, 0.05) is 30.4 Å². The number of Topliss-reactive ketones (excluding diaryl/α,β-unsaturated/α-hetero) is 1. The molecule has 1 amide bonds. The van der Waals surface area contributed by atoms with Crippen molar-refractivity contribution in [1.29, 1.82) is 0 Å². The van der Waals surface area contributed by atoms with Gasteiger partial charge in [-0.05, 0) is 74.7 Å². The number of aliphatic hydroxyl groups excluding tert-OH is 1. The number of halogens is 2. The van der Waals surface area contributed by atoms with Crippen molar-refractivity contribution in [2.45, 2.75) is 33.7 Å². The molecule has 1 saturated heterocycles. The number of carbonyl (C=O) groups is 2. The van der Waals surface area contributed by atoms with Gasteiger partial charge in [0.1, 0.15) is 17.4 Å². The second-order valence-electron chi connectivity index (χ2n) is 8.83. The minimum absolute atomic E-state index is 0.150. The van der Waals surface area contributed by atoms with Gasteiger partial charge in [-0.15, -0.1) is 0 Å². The largest absolute Gasteiger partial charge is 0.507 e. The Morgan fingerprint density at radius 3 is 2.17 bits per heavy atom. The van der Waals surface area contributed by atoms with Gasteiger partial charge < -0.3 is 10.0 Å². The molecule has 0 aliphatic carbocycles. The second kappa shape index (κ2) is 9.93. The van der Waals surface area contributed by atoms with Crippen LogP contribution in [0.1, 0.15) is 42.1 Å². The Balaban J connectivity index is 1.93. The van der Waals surface area contributed by atoms with Crippen molar-refractivity contribution in [2.24, 2.45) is 0 Å². The van der Waals surface area contributed by atoms with E-state index in [9.17, 15) is 23.5 Å². The first kappa shape index (κ1) is 25.1. The minimum Gasteiger partial charge on any atom is -0.507 e. The maximum atomic E-state index is 14.9. The summed E-state index contributed by atoms with van der Waals surface area (Å²) in [6, 6.07) is 14.2. The predicted molar refractivity (Wildman–Crippen MR) is 137 cm³/mol. The van der Waals surface area contributed by atoms with Crippen molar-refractivity contribution >= 4 is 28.8 Å². The lowest BCUT2D eigenvalue weighted by atomic mass is 9.94. The van der Waals surface area contributed by atoms with Crippen LogP contribution < -0.4 is 9.80 Å². The molecule has 1 heterocycles. The van der Waals surface area contributed by atoms with Crippen LogP contribution in [-0.2, 0) is 9.59 Å². The number of anilines is 2. The Morgan fingerprint density at radius 2 is 1.58 bits per heavy atom. The first-order valence-corrected chi connectivity index (χ1v) is 11.9. The Morgan fingerprint density at radius 1 is 0.917 bits per heavy atom. The van der Waals surface area contributed by atoms with Crippen LogP contribution in [0.3, 0.4) is 0 Å². The van der Waals surface area contributed by atoms with Gasteiger partial charge in [0.25, 0.3) is 11.7 Å². The zero-order chi connectivity index (χ0) is 26.1. The van der Waals surface area contributed by atoms with Crippen molar-refractivity contribution < 1.29 is 23.5 Å². The van der Waals surface area contributed by atoms with Crippen LogP contribution in [0.25, 0.3) is 5.76 Å². The molecule has 7 heteroatoms. The SMILES string of the molecule is CCN(CC)c1ccc(C2/C(=C(\O)c3ccc(C)c(C)c3)C(=O)C(=O)N2c2ccc(F)cc2F)cc1. The monoisotopic (exact) mass is 490 g/mol. The number of carbonyl (C=O) groups excluding carboxylic acids is 2. The maximum absolute atomic E-state index is 14.9. The van der Waals surface area contributed by atoms with Gasteiger partial charge in [0.05, 0.1) is 17.3 Å². The van der Waals surface area contributed by atoms with Crippen LogP contribution in [0.5, 0.6) is 0 Å². The third-order valence-corrected chi connectivity index (χ3v) is 6.73. The lowest BCUT2D eigenvalue weighted by Gasteiger charge is -2.27. The minimum atomic E-state index is -1.10. The quantitative estimate of drug-likeness (QED) is 0.259. The average Bonchev–Trinajstić information content (AvgIpc) is 3.12. The molecule has 1 N–H and O–H groups in total. The van der Waals surface area contributed by atoms with Gasteiger partial charge in [0.15, 0.2) is 0 Å². The smallest absolute Gasteiger partial charge is 0.300 e. The molecule has 0 aromatic heterocycles. The van der Waals surface area contributed by atoms with E-state index in [1.807, 2.05) is 45.9 Å². The molecular weight excluding hydrogens is 462 g/mol. The van der Waals surface area contributed by atoms with E-state index in [0.717, 1.165) is 46.9 Å². The Kier molecular flexibility index (Phi) is 6.93. The van der Waals surface area contributed by atoms with E-state index in [-0.39, 0.29) is 17.0 Å². The molecule has 1 aliphatic heterocycles. The molecule has 5 nitrogen and oxygen atoms in total. The topological polar surface area (TPSA) is 60.9 Å². The molecule has 0 bridgehead atoms. The maximum Gasteiger partial charge on any atom is 0.300 e. The van der Waals surface area contributed by atoms with Crippen LogP contribution >= 0.6 is 0 Å². The van der Waals surface area contributed by atoms with Crippen molar-refractivity contribution in [3.8, 4) is 0 Å². The third-order valence-electron chi connectivity index (χ3n) is 6.73. The van der Waals surface area contributed by atoms with Crippen LogP contribution in [0, 0.1) is 25.5 Å². The van der Waals surface area contributed by atoms with Crippen LogP contribution in [0.4, 0.5) is 20.2 Å². The molecule has 0 saturated carbocycles. The number of benzene rings is 3. The van der Waals surface area contributed by atoms with E-state index in [2.05, 4.69) is 4.90 Å². The van der Waals surface area contributed by atoms with Crippen LogP contribution in [0.2, 0.25) is 0 Å². The molecule has 1 aliphatic rings. The average molecular weight is 491 g/mol. The van der Waals surface area contributed by atoms with Crippen molar-refractivity contribution in [3.05, 3.63) is 100 Å². The predicted octanol–water partition coefficient (Wildman–Crippen LogP) is 6.05. The highest BCUT2D eigenvalue weighted by atomic mass is 19.1. The summed E-state index contributed by atoms with van der Waals surface area (Å²) in [5.41, 5.74) is 3.35. The Hall–Kier alpha value is -4.00. The molecule has 3 aromatic rings. The van der Waals surface area contributed by atoms with Gasteiger partial charge in [-0.1, -0.05) is 24.3 Å². The molecule has 186 valence electrons. The summed E-state index contributed by atoms with van der Waals surface area (Å²) in [5.74, 6) is -4.06. The molecule has 1 unspecified atom stereocenters. The summed E-state index contributed by atoms with van der Waals surface area (Å²) in [4.78, 5) is 29.6. The summed E-state index contributed by atoms with van der Waals surface area (Å²) in [5, 5.41) is 11.3. The highest BCUT2D eigenvalue weighted by Gasteiger charge is 2.47. The molecule has 3 aromatic carbocycles. The van der Waals surface area contributed by atoms with Crippen molar-refractivity contribution in [2.75, 3.05) is 22.9 Å². The van der Waals surface area contributed by atoms with Gasteiger partial charge >= 0.3 is 0 Å². The zero-order valence-electron chi connectivity index (χ0n) is 20.7. The first-order chi connectivity index (χ1) is 17.2. The fourth-order valence-electron chi connectivity index (χ4n) is 4.57. The zero-order valence-corrected chi connectivity index (χ0v) is 20.7. The molecule has 0 spiro atoms. The number of nitrogens with zero attached hydrogens (tertiary/aromatic N) is 2. The van der Waals surface area contributed by atoms with Gasteiger partial charge in [-0.3, -0.25) is 14.5 Å². The fraction of sp³-hybridized carbons (Fsp3) is 0.241. The number of aliphatic hydroxyl groups is 1. The number of hydrogen-bond acceptors (Lipinski definition) is 4. The number of ketones is 1. The van der Waals surface area contributed by atoms with E-state index in [1.54, 1.807) is 24.3 Å². The summed E-state index contributed by atoms with van der Waals surface area (Å²) >= 11 is 0. The van der Waals surface area contributed by atoms with Crippen LogP contribution in [-0.4, -0.2) is 29.9 Å². The molecule has 1 atom stereocenters. The second-order valence-corrected chi connectivity index (χ2v) is 8.83. The summed E-state index contributed by atoms with van der Waals surface area (Å²) < 4.78 is 28.5. The standard InChI is InChI=1S/C29H28F2N2O3/c1-5-32(6-2)22-12-9-19(10-13-22)26-25(27(34)20-8-7-17(3)18(4)15-20)28(35)29(36)33(26)24-14-11-21(30)16-23(24)31/h7-16,26,34H,5-6H2,1-4H3/b27-25+. The lowest BCUT2D eigenvalue weighted by Crippen LogP contribution is -2.30. The Labute approximate surface area is 209 Å². The number of aryl methyl sites for hydroxylation is 2. The van der Waals surface area contributed by atoms with Gasteiger partial charge in [-0.25, -0.2) is 8.78 Å². The molecule has 4 rings (SSSR count). The number of rotatable bonds is 6. The van der Waals surface area contributed by atoms with Gasteiger partial charge in [0.2, 0.25) is 0 Å². The lowest BCUT2D eigenvalue weighted by molar-refractivity contribution is -0.132. The normalized spacial score (nSPS) is 17.1. The number of hydrogen-bond donors (Lipinski definition) is 1. The third kappa shape index (κ3) is 4.37. The molecule has 0 radical (unpaired) electrons. The van der Waals surface area contributed by atoms with Crippen LogP contribution in [0.15, 0.2) is 66.2 Å². The molecule has 36 heavy (non-hydrogen) atoms. The number of amides is 1. The van der Waals surface area contributed by atoms with E-state index in [4.69, 9.17) is 0 Å². The molecule has 1 fully saturated rings. The highest BCUT2D eigenvalue weighted by molar-refractivity contribution is 6.51. The fourth-order valence-corrected chi connectivity index (χ4v) is 4.57.